The standard InChI is InChI=1S/C47H29N5O/c1-4-12-30(13-5-1)41-25-24-38-36-23-21-34(27-40(36)46-49-29-44(52(46)47(38)50-41)32-16-8-3-9-17-32)53-33-20-22-35-37-18-10-11-19-42(37)51-43(31-14-6-2-7-15-31)28-48-45(51)39(35)26-33/h1-29H. The zero-order chi connectivity index (χ0) is 34.9. The highest BCUT2D eigenvalue weighted by Crippen LogP contribution is 2.39. The Kier molecular flexibility index (Phi) is 6.45. The van der Waals surface area contributed by atoms with Crippen molar-refractivity contribution < 1.29 is 4.74 Å². The summed E-state index contributed by atoms with van der Waals surface area (Å²) in [6.07, 6.45) is 3.91. The maximum absolute atomic E-state index is 6.69. The fourth-order valence-corrected chi connectivity index (χ4v) is 7.81. The summed E-state index contributed by atoms with van der Waals surface area (Å²) in [5.41, 5.74) is 9.91. The first kappa shape index (κ1) is 29.4. The molecule has 0 spiro atoms. The maximum Gasteiger partial charge on any atom is 0.147 e. The quantitative estimate of drug-likeness (QED) is 0.170. The van der Waals surface area contributed by atoms with Crippen molar-refractivity contribution in [2.24, 2.45) is 0 Å². The van der Waals surface area contributed by atoms with Crippen molar-refractivity contribution in [3.8, 4) is 45.3 Å². The number of aromatic nitrogens is 5. The monoisotopic (exact) mass is 679 g/mol. The second kappa shape index (κ2) is 11.6. The topological polar surface area (TPSA) is 56.7 Å². The summed E-state index contributed by atoms with van der Waals surface area (Å²) in [5.74, 6) is 1.46. The van der Waals surface area contributed by atoms with Crippen LogP contribution in [-0.2, 0) is 0 Å². The molecule has 0 saturated heterocycles. The molecule has 248 valence electrons. The summed E-state index contributed by atoms with van der Waals surface area (Å²) in [6, 6.07) is 56.4. The smallest absolute Gasteiger partial charge is 0.147 e. The average molecular weight is 680 g/mol. The molecule has 0 fully saturated rings. The minimum Gasteiger partial charge on any atom is -0.457 e. The van der Waals surface area contributed by atoms with Crippen LogP contribution >= 0.6 is 0 Å². The average Bonchev–Trinajstić information content (AvgIpc) is 3.89. The van der Waals surface area contributed by atoms with Crippen molar-refractivity contribution in [3.63, 3.8) is 0 Å². The van der Waals surface area contributed by atoms with E-state index in [1.165, 1.54) is 0 Å². The molecule has 0 radical (unpaired) electrons. The van der Waals surface area contributed by atoms with Crippen molar-refractivity contribution in [1.82, 2.24) is 23.8 Å². The molecule has 6 nitrogen and oxygen atoms in total. The third kappa shape index (κ3) is 4.63. The summed E-state index contributed by atoms with van der Waals surface area (Å²) >= 11 is 0. The predicted molar refractivity (Wildman–Crippen MR) is 215 cm³/mol. The van der Waals surface area contributed by atoms with Crippen molar-refractivity contribution in [2.75, 3.05) is 0 Å². The number of benzene rings is 6. The molecule has 0 bridgehead atoms. The third-order valence-electron chi connectivity index (χ3n) is 10.2. The van der Waals surface area contributed by atoms with Crippen LogP contribution in [0.15, 0.2) is 176 Å². The molecular weight excluding hydrogens is 651 g/mol. The van der Waals surface area contributed by atoms with Crippen LogP contribution in [0, 0.1) is 0 Å². The lowest BCUT2D eigenvalue weighted by Gasteiger charge is -2.14. The van der Waals surface area contributed by atoms with Crippen LogP contribution in [0.25, 0.3) is 88.5 Å². The van der Waals surface area contributed by atoms with Gasteiger partial charge in [-0.3, -0.25) is 8.80 Å². The first-order chi connectivity index (χ1) is 26.3. The van der Waals surface area contributed by atoms with E-state index in [9.17, 15) is 0 Å². The van der Waals surface area contributed by atoms with E-state index < -0.39 is 0 Å². The molecule has 0 amide bonds. The number of hydrogen-bond donors (Lipinski definition) is 0. The van der Waals surface area contributed by atoms with Gasteiger partial charge in [-0.25, -0.2) is 15.0 Å². The Bertz CT molecular complexity index is 3190. The van der Waals surface area contributed by atoms with E-state index in [4.69, 9.17) is 19.7 Å². The van der Waals surface area contributed by atoms with Crippen LogP contribution in [0.5, 0.6) is 11.5 Å². The number of rotatable bonds is 5. The van der Waals surface area contributed by atoms with Gasteiger partial charge in [0.15, 0.2) is 0 Å². The van der Waals surface area contributed by atoms with Gasteiger partial charge in [0.1, 0.15) is 28.4 Å². The van der Waals surface area contributed by atoms with E-state index in [-0.39, 0.29) is 0 Å². The van der Waals surface area contributed by atoms with Crippen LogP contribution in [0.4, 0.5) is 0 Å². The van der Waals surface area contributed by atoms with Gasteiger partial charge in [-0.05, 0) is 65.4 Å². The van der Waals surface area contributed by atoms with Crippen molar-refractivity contribution in [2.45, 2.75) is 0 Å². The first-order valence-electron chi connectivity index (χ1n) is 17.7. The van der Waals surface area contributed by atoms with Gasteiger partial charge >= 0.3 is 0 Å². The summed E-state index contributed by atoms with van der Waals surface area (Å²) in [4.78, 5) is 15.2. The lowest BCUT2D eigenvalue weighted by Crippen LogP contribution is -1.98. The number of pyridine rings is 3. The number of para-hydroxylation sites is 1. The molecule has 0 N–H and O–H groups in total. The highest BCUT2D eigenvalue weighted by atomic mass is 16.5. The van der Waals surface area contributed by atoms with Crippen molar-refractivity contribution >= 4 is 54.8 Å². The van der Waals surface area contributed by atoms with E-state index >= 15 is 0 Å². The number of ether oxygens (including phenoxy) is 1. The van der Waals surface area contributed by atoms with Gasteiger partial charge in [-0.2, -0.15) is 0 Å². The summed E-state index contributed by atoms with van der Waals surface area (Å²) in [7, 11) is 0. The summed E-state index contributed by atoms with van der Waals surface area (Å²) in [5, 5.41) is 6.41. The number of nitrogens with zero attached hydrogens (tertiary/aromatic N) is 5. The Morgan fingerprint density at radius 2 is 0.887 bits per heavy atom. The molecule has 5 heterocycles. The largest absolute Gasteiger partial charge is 0.457 e. The van der Waals surface area contributed by atoms with E-state index in [1.54, 1.807) is 0 Å². The predicted octanol–water partition coefficient (Wildman–Crippen LogP) is 11.8. The second-order valence-electron chi connectivity index (χ2n) is 13.3. The minimum absolute atomic E-state index is 0.723. The molecule has 11 rings (SSSR count). The molecule has 6 heteroatoms. The normalized spacial score (nSPS) is 11.8. The van der Waals surface area contributed by atoms with Crippen LogP contribution in [0.1, 0.15) is 0 Å². The Balaban J connectivity index is 1.09. The lowest BCUT2D eigenvalue weighted by atomic mass is 10.0. The van der Waals surface area contributed by atoms with E-state index in [1.807, 2.05) is 54.9 Å². The Morgan fingerprint density at radius 3 is 1.53 bits per heavy atom. The Morgan fingerprint density at radius 1 is 0.377 bits per heavy atom. The van der Waals surface area contributed by atoms with Crippen LogP contribution in [-0.4, -0.2) is 23.8 Å². The highest BCUT2D eigenvalue weighted by Gasteiger charge is 2.18. The number of hydrogen-bond acceptors (Lipinski definition) is 4. The van der Waals surface area contributed by atoms with Crippen molar-refractivity contribution in [3.05, 3.63) is 176 Å². The molecule has 11 aromatic rings. The van der Waals surface area contributed by atoms with Gasteiger partial charge in [0, 0.05) is 38.2 Å². The fraction of sp³-hybridized carbons (Fsp3) is 0. The lowest BCUT2D eigenvalue weighted by molar-refractivity contribution is 0.484. The summed E-state index contributed by atoms with van der Waals surface area (Å²) < 4.78 is 11.1. The molecule has 0 aliphatic heterocycles. The number of fused-ring (bicyclic) bond motifs is 12. The molecule has 53 heavy (non-hydrogen) atoms. The second-order valence-corrected chi connectivity index (χ2v) is 13.3. The van der Waals surface area contributed by atoms with Crippen LogP contribution in [0.2, 0.25) is 0 Å². The van der Waals surface area contributed by atoms with Gasteiger partial charge in [0.25, 0.3) is 0 Å². The van der Waals surface area contributed by atoms with E-state index in [0.717, 1.165) is 100 Å². The number of imidazole rings is 2. The maximum atomic E-state index is 6.69. The SMILES string of the molecule is c1ccc(-c2ccc3c4ccc(Oc5ccc6c7ccccc7n7c(-c8ccccc8)cnc7c6c5)cc4c4ncc(-c5ccccc5)n4c3n2)cc1. The Hall–Kier alpha value is -7.31. The summed E-state index contributed by atoms with van der Waals surface area (Å²) in [6.45, 7) is 0. The molecule has 0 unspecified atom stereocenters. The van der Waals surface area contributed by atoms with Gasteiger partial charge in [0.05, 0.1) is 35.0 Å². The minimum atomic E-state index is 0.723. The molecule has 0 aliphatic rings. The first-order valence-corrected chi connectivity index (χ1v) is 17.7. The van der Waals surface area contributed by atoms with E-state index in [2.05, 4.69) is 130 Å². The fourth-order valence-electron chi connectivity index (χ4n) is 7.81. The zero-order valence-electron chi connectivity index (χ0n) is 28.4. The molecule has 5 aromatic heterocycles. The molecule has 0 atom stereocenters. The molecule has 0 saturated carbocycles. The van der Waals surface area contributed by atoms with Crippen LogP contribution in [0.3, 0.4) is 0 Å². The van der Waals surface area contributed by atoms with Gasteiger partial charge in [0.2, 0.25) is 0 Å². The van der Waals surface area contributed by atoms with Gasteiger partial charge in [-0.1, -0.05) is 109 Å². The van der Waals surface area contributed by atoms with Crippen molar-refractivity contribution in [1.29, 1.82) is 0 Å². The van der Waals surface area contributed by atoms with Crippen LogP contribution < -0.4 is 4.74 Å². The zero-order valence-corrected chi connectivity index (χ0v) is 28.4. The third-order valence-corrected chi connectivity index (χ3v) is 10.2. The molecule has 0 aliphatic carbocycles. The van der Waals surface area contributed by atoms with Gasteiger partial charge < -0.3 is 4.74 Å². The van der Waals surface area contributed by atoms with Gasteiger partial charge in [-0.15, -0.1) is 0 Å². The highest BCUT2D eigenvalue weighted by molar-refractivity contribution is 6.13. The molecular formula is C47H29N5O. The van der Waals surface area contributed by atoms with E-state index in [0.29, 0.717) is 0 Å². The Labute approximate surface area is 303 Å². The molecule has 6 aromatic carbocycles.